The smallest absolute Gasteiger partial charge is 0.169 e. The van der Waals surface area contributed by atoms with Gasteiger partial charge in [0, 0.05) is 30.2 Å². The van der Waals surface area contributed by atoms with Gasteiger partial charge in [-0.15, -0.1) is 0 Å². The Hall–Kier alpha value is -2.70. The highest BCUT2D eigenvalue weighted by atomic mass is 16.5. The van der Waals surface area contributed by atoms with Crippen molar-refractivity contribution in [1.29, 1.82) is 0 Å². The summed E-state index contributed by atoms with van der Waals surface area (Å²) < 4.78 is 22.5. The number of hydrogen-bond donors (Lipinski definition) is 0. The summed E-state index contributed by atoms with van der Waals surface area (Å²) in [5.41, 5.74) is 2.38. The Morgan fingerprint density at radius 1 is 0.833 bits per heavy atom. The van der Waals surface area contributed by atoms with Gasteiger partial charge in [-0.3, -0.25) is 0 Å². The van der Waals surface area contributed by atoms with E-state index in [0.717, 1.165) is 46.4 Å². The van der Waals surface area contributed by atoms with Crippen LogP contribution >= 0.6 is 0 Å². The minimum Gasteiger partial charge on any atom is -0.632 e. The van der Waals surface area contributed by atoms with Crippen LogP contribution in [-0.4, -0.2) is 45.7 Å². The molecule has 3 aromatic rings. The first kappa shape index (κ1) is 19.3. The molecule has 1 fully saturated rings. The summed E-state index contributed by atoms with van der Waals surface area (Å²) in [7, 11) is 6.59. The second kappa shape index (κ2) is 6.93. The number of quaternary nitrogens is 1. The van der Waals surface area contributed by atoms with Gasteiger partial charge in [0.25, 0.3) is 0 Å². The van der Waals surface area contributed by atoms with E-state index in [1.165, 1.54) is 5.56 Å². The normalized spacial score (nSPS) is 22.6. The van der Waals surface area contributed by atoms with Crippen LogP contribution in [0.4, 0.5) is 0 Å². The molecule has 2 heterocycles. The Kier molecular flexibility index (Phi) is 4.45. The molecule has 30 heavy (non-hydrogen) atoms. The lowest BCUT2D eigenvalue weighted by Gasteiger charge is -2.48. The molecule has 5 rings (SSSR count). The monoisotopic (exact) mass is 409 g/mol. The van der Waals surface area contributed by atoms with E-state index in [2.05, 4.69) is 6.07 Å². The molecule has 2 aliphatic rings. The SMILES string of the molecule is COc1cc2c3c(c4ccc(OC)c(OC)c4c2cc1OC)C[C@H]1CCC[N+]1([O-])C3. The summed E-state index contributed by atoms with van der Waals surface area (Å²) in [5, 5.41) is 17.7. The van der Waals surface area contributed by atoms with E-state index < -0.39 is 0 Å². The molecular formula is C24H27NO5. The molecule has 2 atom stereocenters. The first-order chi connectivity index (χ1) is 14.5. The van der Waals surface area contributed by atoms with Gasteiger partial charge in [0.2, 0.25) is 0 Å². The van der Waals surface area contributed by atoms with E-state index >= 15 is 0 Å². The Balaban J connectivity index is 1.95. The zero-order chi connectivity index (χ0) is 21.0. The first-order valence-corrected chi connectivity index (χ1v) is 10.4. The predicted molar refractivity (Wildman–Crippen MR) is 117 cm³/mol. The molecule has 0 amide bonds. The maximum absolute atomic E-state index is 13.6. The van der Waals surface area contributed by atoms with Gasteiger partial charge in [0.15, 0.2) is 23.0 Å². The molecule has 0 radical (unpaired) electrons. The molecule has 3 aromatic carbocycles. The number of benzene rings is 3. The van der Waals surface area contributed by atoms with E-state index in [0.29, 0.717) is 36.1 Å². The fourth-order valence-corrected chi connectivity index (χ4v) is 5.51. The van der Waals surface area contributed by atoms with Gasteiger partial charge >= 0.3 is 0 Å². The Morgan fingerprint density at radius 2 is 1.53 bits per heavy atom. The van der Waals surface area contributed by atoms with E-state index in [4.69, 9.17) is 18.9 Å². The van der Waals surface area contributed by atoms with Gasteiger partial charge in [-0.25, -0.2) is 0 Å². The number of fused-ring (bicyclic) bond motifs is 7. The fourth-order valence-electron chi connectivity index (χ4n) is 5.51. The van der Waals surface area contributed by atoms with Crippen molar-refractivity contribution in [2.75, 3.05) is 35.0 Å². The average Bonchev–Trinajstić information content (AvgIpc) is 3.16. The van der Waals surface area contributed by atoms with Crippen molar-refractivity contribution >= 4 is 21.5 Å². The molecule has 6 nitrogen and oxygen atoms in total. The Labute approximate surface area is 176 Å². The molecular weight excluding hydrogens is 382 g/mol. The van der Waals surface area contributed by atoms with Gasteiger partial charge in [-0.1, -0.05) is 6.07 Å². The number of nitrogens with zero attached hydrogens (tertiary/aromatic N) is 1. The van der Waals surface area contributed by atoms with Crippen LogP contribution in [0.5, 0.6) is 23.0 Å². The van der Waals surface area contributed by atoms with E-state index in [-0.39, 0.29) is 10.7 Å². The maximum Gasteiger partial charge on any atom is 0.169 e. The summed E-state index contributed by atoms with van der Waals surface area (Å²) in [6.07, 6.45) is 2.77. The predicted octanol–water partition coefficient (Wildman–Crippen LogP) is 4.56. The standard InChI is InChI=1S/C24H27NO5/c1-27-20-8-7-15-16-10-14-6-5-9-25(14,26)13-19(16)17-11-21(28-2)22(29-3)12-18(17)23(15)24(20)30-4/h7-8,11-12,14H,5-6,9-10,13H2,1-4H3/t14-,25?/m1/s1. The number of ether oxygens (including phenoxy) is 4. The van der Waals surface area contributed by atoms with Crippen molar-refractivity contribution in [1.82, 2.24) is 0 Å². The highest BCUT2D eigenvalue weighted by Crippen LogP contribution is 2.49. The summed E-state index contributed by atoms with van der Waals surface area (Å²) in [6.45, 7) is 1.19. The molecule has 0 spiro atoms. The van der Waals surface area contributed by atoms with Crippen molar-refractivity contribution in [3.05, 3.63) is 40.6 Å². The van der Waals surface area contributed by atoms with Crippen LogP contribution in [-0.2, 0) is 13.0 Å². The highest BCUT2D eigenvalue weighted by Gasteiger charge is 2.41. The van der Waals surface area contributed by atoms with E-state index in [1.807, 2.05) is 18.2 Å². The van der Waals surface area contributed by atoms with Crippen molar-refractivity contribution < 1.29 is 23.6 Å². The lowest BCUT2D eigenvalue weighted by molar-refractivity contribution is -0.907. The van der Waals surface area contributed by atoms with Gasteiger partial charge in [-0.2, -0.15) is 0 Å². The van der Waals surface area contributed by atoms with Gasteiger partial charge < -0.3 is 28.8 Å². The molecule has 2 aliphatic heterocycles. The largest absolute Gasteiger partial charge is 0.632 e. The molecule has 0 N–H and O–H groups in total. The third-order valence-electron chi connectivity index (χ3n) is 6.96. The molecule has 158 valence electrons. The van der Waals surface area contributed by atoms with Crippen LogP contribution in [0.25, 0.3) is 21.5 Å². The minimum absolute atomic E-state index is 0.116. The highest BCUT2D eigenvalue weighted by molar-refractivity contribution is 6.15. The lowest BCUT2D eigenvalue weighted by atomic mass is 9.84. The van der Waals surface area contributed by atoms with Gasteiger partial charge in [0.05, 0.1) is 41.0 Å². The summed E-state index contributed by atoms with van der Waals surface area (Å²) in [4.78, 5) is 0. The summed E-state index contributed by atoms with van der Waals surface area (Å²) in [6, 6.07) is 8.19. The summed E-state index contributed by atoms with van der Waals surface area (Å²) in [5.74, 6) is 2.70. The van der Waals surface area contributed by atoms with Crippen LogP contribution in [0.2, 0.25) is 0 Å². The maximum atomic E-state index is 13.6. The molecule has 0 aliphatic carbocycles. The first-order valence-electron chi connectivity index (χ1n) is 10.4. The van der Waals surface area contributed by atoms with E-state index in [1.54, 1.807) is 28.4 Å². The molecule has 0 aromatic heterocycles. The van der Waals surface area contributed by atoms with Crippen LogP contribution in [0, 0.1) is 5.21 Å². The zero-order valence-corrected chi connectivity index (χ0v) is 17.9. The number of rotatable bonds is 4. The number of hydroxylamine groups is 3. The summed E-state index contributed by atoms with van der Waals surface area (Å²) >= 11 is 0. The van der Waals surface area contributed by atoms with Crippen LogP contribution in [0.15, 0.2) is 24.3 Å². The molecule has 0 saturated carbocycles. The topological polar surface area (TPSA) is 60.0 Å². The Bertz CT molecular complexity index is 1160. The Morgan fingerprint density at radius 3 is 2.20 bits per heavy atom. The van der Waals surface area contributed by atoms with Gasteiger partial charge in [-0.05, 0) is 39.9 Å². The van der Waals surface area contributed by atoms with Crippen molar-refractivity contribution in [2.45, 2.75) is 31.8 Å². The molecule has 1 saturated heterocycles. The second-order valence-corrected chi connectivity index (χ2v) is 8.27. The lowest BCUT2D eigenvalue weighted by Crippen LogP contribution is -2.49. The molecule has 0 bridgehead atoms. The molecule has 6 heteroatoms. The zero-order valence-electron chi connectivity index (χ0n) is 17.9. The average molecular weight is 409 g/mol. The third kappa shape index (κ3) is 2.57. The fraction of sp³-hybridized carbons (Fsp3) is 0.417. The van der Waals surface area contributed by atoms with Crippen molar-refractivity contribution in [2.24, 2.45) is 0 Å². The van der Waals surface area contributed by atoms with E-state index in [9.17, 15) is 5.21 Å². The number of hydrogen-bond acceptors (Lipinski definition) is 5. The third-order valence-corrected chi connectivity index (χ3v) is 6.96. The van der Waals surface area contributed by atoms with Crippen LogP contribution < -0.4 is 18.9 Å². The van der Waals surface area contributed by atoms with Crippen molar-refractivity contribution in [3.8, 4) is 23.0 Å². The quantitative estimate of drug-likeness (QED) is 0.359. The molecule has 1 unspecified atom stereocenters. The second-order valence-electron chi connectivity index (χ2n) is 8.27. The van der Waals surface area contributed by atoms with Crippen LogP contribution in [0.1, 0.15) is 24.0 Å². The van der Waals surface area contributed by atoms with Crippen molar-refractivity contribution in [3.63, 3.8) is 0 Å². The van der Waals surface area contributed by atoms with Gasteiger partial charge in [0.1, 0.15) is 6.54 Å². The minimum atomic E-state index is -0.116. The van der Waals surface area contributed by atoms with Crippen LogP contribution in [0.3, 0.4) is 0 Å². The number of methoxy groups -OCH3 is 4.